The number of ketones is 1. The lowest BCUT2D eigenvalue weighted by Crippen LogP contribution is -2.53. The van der Waals surface area contributed by atoms with E-state index >= 15 is 0 Å². The second-order valence-electron chi connectivity index (χ2n) is 5.13. The van der Waals surface area contributed by atoms with E-state index in [2.05, 4.69) is 0 Å². The number of amides is 2. The Morgan fingerprint density at radius 3 is 2.22 bits per heavy atom. The Bertz CT molecular complexity index is 381. The lowest BCUT2D eigenvalue weighted by Gasteiger charge is -2.31. The van der Waals surface area contributed by atoms with Crippen LogP contribution in [0, 0.1) is 5.41 Å². The summed E-state index contributed by atoms with van der Waals surface area (Å²) in [6, 6.07) is -0.860. The molecule has 0 bridgehead atoms. The lowest BCUT2D eigenvalue weighted by molar-refractivity contribution is -0.147. The number of Topliss-reactive ketones (excluding diaryl/α,β-unsaturated/α-hetero) is 1. The first kappa shape index (κ1) is 14.6. The molecule has 2 N–H and O–H groups in total. The standard InChI is InChI=1S/C13H20N2O3/c1-4-7-13(2,3)12(18)9(8-14)15-10(16)5-6-11(15)17/h5-6,9H,4,7-8,14H2,1-3H3. The van der Waals surface area contributed by atoms with Gasteiger partial charge >= 0.3 is 0 Å². The fourth-order valence-electron chi connectivity index (χ4n) is 2.25. The number of carbonyl (C=O) groups excluding carboxylic acids is 3. The van der Waals surface area contributed by atoms with Crippen molar-refractivity contribution < 1.29 is 14.4 Å². The van der Waals surface area contributed by atoms with Crippen molar-refractivity contribution in [3.05, 3.63) is 12.2 Å². The normalized spacial score (nSPS) is 17.4. The van der Waals surface area contributed by atoms with E-state index < -0.39 is 23.3 Å². The molecule has 0 radical (unpaired) electrons. The van der Waals surface area contributed by atoms with Gasteiger partial charge in [-0.3, -0.25) is 19.3 Å². The van der Waals surface area contributed by atoms with E-state index in [1.807, 2.05) is 20.8 Å². The molecule has 0 saturated heterocycles. The molecule has 18 heavy (non-hydrogen) atoms. The van der Waals surface area contributed by atoms with Crippen LogP contribution >= 0.6 is 0 Å². The third kappa shape index (κ3) is 2.67. The monoisotopic (exact) mass is 252 g/mol. The van der Waals surface area contributed by atoms with Gasteiger partial charge in [0.2, 0.25) is 0 Å². The van der Waals surface area contributed by atoms with Gasteiger partial charge in [0.1, 0.15) is 6.04 Å². The highest BCUT2D eigenvalue weighted by atomic mass is 16.2. The van der Waals surface area contributed by atoms with Crippen LogP contribution in [0.3, 0.4) is 0 Å². The summed E-state index contributed by atoms with van der Waals surface area (Å²) in [5.74, 6) is -1.08. The summed E-state index contributed by atoms with van der Waals surface area (Å²) in [6.07, 6.45) is 3.90. The Hall–Kier alpha value is -1.49. The van der Waals surface area contributed by atoms with E-state index in [0.717, 1.165) is 11.3 Å². The molecule has 0 aromatic rings. The zero-order chi connectivity index (χ0) is 13.9. The summed E-state index contributed by atoms with van der Waals surface area (Å²) < 4.78 is 0. The SMILES string of the molecule is CCCC(C)(C)C(=O)C(CN)N1C(=O)C=CC1=O. The molecule has 5 nitrogen and oxygen atoms in total. The maximum Gasteiger partial charge on any atom is 0.254 e. The molecule has 1 aliphatic rings. The van der Waals surface area contributed by atoms with Crippen LogP contribution < -0.4 is 5.73 Å². The highest BCUT2D eigenvalue weighted by molar-refractivity contribution is 6.15. The van der Waals surface area contributed by atoms with E-state index in [1.54, 1.807) is 0 Å². The van der Waals surface area contributed by atoms with E-state index in [4.69, 9.17) is 5.73 Å². The Labute approximate surface area is 107 Å². The van der Waals surface area contributed by atoms with Crippen LogP contribution in [0.25, 0.3) is 0 Å². The molecule has 0 aromatic carbocycles. The molecule has 5 heteroatoms. The number of carbonyl (C=O) groups is 3. The van der Waals surface area contributed by atoms with E-state index in [1.165, 1.54) is 12.2 Å². The minimum atomic E-state index is -0.860. The molecule has 0 aliphatic carbocycles. The Morgan fingerprint density at radius 2 is 1.83 bits per heavy atom. The van der Waals surface area contributed by atoms with Crippen molar-refractivity contribution in [3.63, 3.8) is 0 Å². The Morgan fingerprint density at radius 1 is 1.33 bits per heavy atom. The average molecular weight is 252 g/mol. The highest BCUT2D eigenvalue weighted by Crippen LogP contribution is 2.27. The smallest absolute Gasteiger partial charge is 0.254 e. The number of hydrogen-bond donors (Lipinski definition) is 1. The predicted molar refractivity (Wildman–Crippen MR) is 67.5 cm³/mol. The summed E-state index contributed by atoms with van der Waals surface area (Å²) in [4.78, 5) is 36.5. The minimum absolute atomic E-state index is 0.0366. The van der Waals surface area contributed by atoms with Crippen molar-refractivity contribution in [2.45, 2.75) is 39.7 Å². The highest BCUT2D eigenvalue weighted by Gasteiger charge is 2.40. The van der Waals surface area contributed by atoms with Crippen LogP contribution in [-0.4, -0.2) is 35.1 Å². The summed E-state index contributed by atoms with van der Waals surface area (Å²) in [6.45, 7) is 5.59. The Kier molecular flexibility index (Phi) is 4.40. The van der Waals surface area contributed by atoms with Crippen LogP contribution in [0.4, 0.5) is 0 Å². The second-order valence-corrected chi connectivity index (χ2v) is 5.13. The Balaban J connectivity index is 2.94. The molecule has 0 aromatic heterocycles. The molecular weight excluding hydrogens is 232 g/mol. The zero-order valence-electron chi connectivity index (χ0n) is 11.1. The number of nitrogens with two attached hydrogens (primary N) is 1. The van der Waals surface area contributed by atoms with Crippen molar-refractivity contribution in [2.75, 3.05) is 6.54 Å². The minimum Gasteiger partial charge on any atom is -0.328 e. The largest absolute Gasteiger partial charge is 0.328 e. The van der Waals surface area contributed by atoms with Crippen LogP contribution in [0.15, 0.2) is 12.2 Å². The van der Waals surface area contributed by atoms with Crippen LogP contribution in [0.2, 0.25) is 0 Å². The fraction of sp³-hybridized carbons (Fsp3) is 0.615. The molecule has 1 aliphatic heterocycles. The molecule has 1 atom stereocenters. The molecule has 0 fully saturated rings. The molecule has 0 saturated carbocycles. The van der Waals surface area contributed by atoms with Crippen LogP contribution in [0.1, 0.15) is 33.6 Å². The summed E-state index contributed by atoms with van der Waals surface area (Å²) in [5, 5.41) is 0. The van der Waals surface area contributed by atoms with Gasteiger partial charge in [-0.1, -0.05) is 27.2 Å². The van der Waals surface area contributed by atoms with Gasteiger partial charge in [0.25, 0.3) is 11.8 Å². The van der Waals surface area contributed by atoms with Crippen molar-refractivity contribution >= 4 is 17.6 Å². The number of imide groups is 1. The van der Waals surface area contributed by atoms with Crippen molar-refractivity contribution in [3.8, 4) is 0 Å². The predicted octanol–water partition coefficient (Wildman–Crippen LogP) is 0.634. The second kappa shape index (κ2) is 5.44. The maximum atomic E-state index is 12.4. The quantitative estimate of drug-likeness (QED) is 0.703. The summed E-state index contributed by atoms with van der Waals surface area (Å²) in [7, 11) is 0. The van der Waals surface area contributed by atoms with Gasteiger partial charge in [-0.05, 0) is 6.42 Å². The van der Waals surface area contributed by atoms with Crippen LogP contribution in [-0.2, 0) is 14.4 Å². The molecule has 0 spiro atoms. The average Bonchev–Trinajstić information content (AvgIpc) is 2.61. The van der Waals surface area contributed by atoms with Gasteiger partial charge in [0, 0.05) is 24.1 Å². The molecule has 1 heterocycles. The number of hydrogen-bond acceptors (Lipinski definition) is 4. The first-order valence-corrected chi connectivity index (χ1v) is 6.14. The molecule has 2 amide bonds. The zero-order valence-corrected chi connectivity index (χ0v) is 11.1. The number of rotatable bonds is 6. The van der Waals surface area contributed by atoms with Gasteiger partial charge in [-0.15, -0.1) is 0 Å². The van der Waals surface area contributed by atoms with Gasteiger partial charge in [-0.25, -0.2) is 0 Å². The van der Waals surface area contributed by atoms with Crippen molar-refractivity contribution in [1.29, 1.82) is 0 Å². The third-order valence-electron chi connectivity index (χ3n) is 3.22. The van der Waals surface area contributed by atoms with Crippen LogP contribution in [0.5, 0.6) is 0 Å². The lowest BCUT2D eigenvalue weighted by atomic mass is 9.80. The van der Waals surface area contributed by atoms with E-state index in [0.29, 0.717) is 6.42 Å². The van der Waals surface area contributed by atoms with Gasteiger partial charge in [-0.2, -0.15) is 0 Å². The third-order valence-corrected chi connectivity index (χ3v) is 3.22. The topological polar surface area (TPSA) is 80.5 Å². The molecule has 1 unspecified atom stereocenters. The van der Waals surface area contributed by atoms with Gasteiger partial charge in [0.05, 0.1) is 0 Å². The summed E-state index contributed by atoms with van der Waals surface area (Å²) in [5.41, 5.74) is 4.99. The summed E-state index contributed by atoms with van der Waals surface area (Å²) >= 11 is 0. The van der Waals surface area contributed by atoms with Gasteiger partial charge < -0.3 is 5.73 Å². The maximum absolute atomic E-state index is 12.4. The fourth-order valence-corrected chi connectivity index (χ4v) is 2.25. The van der Waals surface area contributed by atoms with E-state index in [9.17, 15) is 14.4 Å². The van der Waals surface area contributed by atoms with Crippen molar-refractivity contribution in [1.82, 2.24) is 4.90 Å². The van der Waals surface area contributed by atoms with Crippen molar-refractivity contribution in [2.24, 2.45) is 11.1 Å². The first-order valence-electron chi connectivity index (χ1n) is 6.14. The van der Waals surface area contributed by atoms with Gasteiger partial charge in [0.15, 0.2) is 5.78 Å². The van der Waals surface area contributed by atoms with E-state index in [-0.39, 0.29) is 12.3 Å². The number of nitrogens with zero attached hydrogens (tertiary/aromatic N) is 1. The molecular formula is C13H20N2O3. The molecule has 1 rings (SSSR count). The first-order chi connectivity index (χ1) is 8.35. The molecule has 100 valence electrons.